The number of carbonyl (C=O) groups excluding carboxylic acids is 3. The number of thioether (sulfide) groups is 2. The van der Waals surface area contributed by atoms with E-state index in [1.165, 1.54) is 24.4 Å². The Hall–Kier alpha value is -5.68. The number of ether oxygens (including phenoxy) is 3. The molecule has 0 amide bonds. The van der Waals surface area contributed by atoms with E-state index in [4.69, 9.17) is 57.3 Å². The Kier molecular flexibility index (Phi) is 27.4. The van der Waals surface area contributed by atoms with Gasteiger partial charge in [0.2, 0.25) is 0 Å². The smallest absolute Gasteiger partial charge is 0.468 e. The lowest BCUT2D eigenvalue weighted by Crippen LogP contribution is -2.45. The summed E-state index contributed by atoms with van der Waals surface area (Å²) in [5.74, 6) is -1.08. The molecule has 0 spiro atoms. The second kappa shape index (κ2) is 34.0. The van der Waals surface area contributed by atoms with Gasteiger partial charge in [-0.2, -0.15) is 0 Å². The van der Waals surface area contributed by atoms with E-state index in [1.54, 1.807) is 18.7 Å². The maximum atomic E-state index is 14.1. The highest BCUT2D eigenvalue weighted by molar-refractivity contribution is 8.25. The van der Waals surface area contributed by atoms with Gasteiger partial charge < -0.3 is 32.8 Å². The van der Waals surface area contributed by atoms with E-state index < -0.39 is 16.1 Å². The first-order valence-electron chi connectivity index (χ1n) is 29.1. The van der Waals surface area contributed by atoms with Gasteiger partial charge in [0.25, 0.3) is 0 Å². The summed E-state index contributed by atoms with van der Waals surface area (Å²) >= 11 is 14.3. The Labute approximate surface area is 525 Å². The Bertz CT molecular complexity index is 3030. The van der Waals surface area contributed by atoms with Crippen LogP contribution in [0.2, 0.25) is 0 Å². The van der Waals surface area contributed by atoms with E-state index in [2.05, 4.69) is 82.8 Å². The summed E-state index contributed by atoms with van der Waals surface area (Å²) in [4.78, 5) is 38.7. The topological polar surface area (TPSA) is 116 Å². The van der Waals surface area contributed by atoms with E-state index in [-0.39, 0.29) is 61.6 Å². The molecule has 2 fully saturated rings. The second-order valence-corrected chi connectivity index (χ2v) is 27.5. The van der Waals surface area contributed by atoms with Crippen LogP contribution in [0.3, 0.4) is 0 Å². The van der Waals surface area contributed by atoms with Gasteiger partial charge in [0.15, 0.2) is 0 Å². The van der Waals surface area contributed by atoms with Gasteiger partial charge >= 0.3 is 32.1 Å². The zero-order valence-corrected chi connectivity index (χ0v) is 53.8. The average molecular weight is 1220 g/mol. The SMILES string of the molecule is C=C(C)C(=O)OCCCCC1COB(c2ccccc2)O1.CC(C)(SC(=S)c1ccccc1)c1ccccc1.COC(=O)C(C)(CC(C)(CC(C)(C)c1ccccc1)C(=O)OCCCCC1COB(c2ccccc2)O1)SC(=S)c1ccccc1. The van der Waals surface area contributed by atoms with Gasteiger partial charge in [-0.15, -0.1) is 11.8 Å². The molecule has 2 aliphatic heterocycles. The van der Waals surface area contributed by atoms with Gasteiger partial charge in [-0.25, -0.2) is 4.79 Å². The molecule has 0 saturated carbocycles. The summed E-state index contributed by atoms with van der Waals surface area (Å²) in [6, 6.07) is 60.3. The first kappa shape index (κ1) is 68.4. The van der Waals surface area contributed by atoms with Crippen molar-refractivity contribution in [1.82, 2.24) is 0 Å². The van der Waals surface area contributed by atoms with Crippen LogP contribution in [-0.4, -0.2) is 91.0 Å². The highest BCUT2D eigenvalue weighted by atomic mass is 32.2. The molecule has 8 rings (SSSR count). The Morgan fingerprint density at radius 2 is 0.941 bits per heavy atom. The summed E-state index contributed by atoms with van der Waals surface area (Å²) in [7, 11) is 0.782. The lowest BCUT2D eigenvalue weighted by molar-refractivity contribution is -0.158. The molecule has 85 heavy (non-hydrogen) atoms. The fourth-order valence-electron chi connectivity index (χ4n) is 10.2. The number of carbonyl (C=O) groups is 3. The minimum atomic E-state index is -1.13. The molecule has 2 heterocycles. The van der Waals surface area contributed by atoms with E-state index in [9.17, 15) is 14.4 Å². The minimum absolute atomic E-state index is 0.00378. The van der Waals surface area contributed by atoms with Crippen molar-refractivity contribution in [2.75, 3.05) is 33.5 Å². The molecule has 6 aromatic rings. The van der Waals surface area contributed by atoms with Crippen LogP contribution < -0.4 is 10.9 Å². The van der Waals surface area contributed by atoms with Crippen LogP contribution in [0.15, 0.2) is 194 Å². The van der Waals surface area contributed by atoms with Crippen LogP contribution in [0, 0.1) is 5.41 Å². The minimum Gasteiger partial charge on any atom is -0.468 e. The van der Waals surface area contributed by atoms with E-state index >= 15 is 0 Å². The fraction of sp³-hybridized carbons (Fsp3) is 0.377. The number of unbranched alkanes of at least 4 members (excludes halogenated alkanes) is 2. The maximum Gasteiger partial charge on any atom is 0.494 e. The van der Waals surface area contributed by atoms with Gasteiger partial charge in [-0.1, -0.05) is 239 Å². The van der Waals surface area contributed by atoms with Gasteiger partial charge in [0.1, 0.15) is 4.75 Å². The zero-order valence-electron chi connectivity index (χ0n) is 50.5. The molecule has 0 bridgehead atoms. The number of esters is 3. The first-order chi connectivity index (χ1) is 40.7. The molecule has 0 N–H and O–H groups in total. The number of thiocarbonyl (C=S) groups is 2. The molecule has 2 saturated heterocycles. The monoisotopic (exact) mass is 1220 g/mol. The molecule has 16 heteroatoms. The van der Waals surface area contributed by atoms with Crippen molar-refractivity contribution >= 4 is 99.4 Å². The van der Waals surface area contributed by atoms with E-state index in [1.807, 2.05) is 147 Å². The normalized spacial score (nSPS) is 16.2. The Morgan fingerprint density at radius 3 is 1.38 bits per heavy atom. The van der Waals surface area contributed by atoms with Crippen molar-refractivity contribution in [2.45, 2.75) is 127 Å². The van der Waals surface area contributed by atoms with Crippen molar-refractivity contribution in [3.8, 4) is 0 Å². The van der Waals surface area contributed by atoms with Crippen LogP contribution in [0.1, 0.15) is 122 Å². The quantitative estimate of drug-likeness (QED) is 0.0135. The zero-order chi connectivity index (χ0) is 61.3. The molecule has 0 aliphatic carbocycles. The van der Waals surface area contributed by atoms with Gasteiger partial charge in [0.05, 0.1) is 59.6 Å². The van der Waals surface area contributed by atoms with E-state index in [0.29, 0.717) is 42.4 Å². The molecular formula is C69H82B2O10S4. The molecule has 4 atom stereocenters. The highest BCUT2D eigenvalue weighted by Crippen LogP contribution is 2.47. The molecule has 4 unspecified atom stereocenters. The fourth-order valence-corrected chi connectivity index (χ4v) is 13.9. The summed E-state index contributed by atoms with van der Waals surface area (Å²) in [5, 5.41) is 0. The number of rotatable bonds is 25. The predicted molar refractivity (Wildman–Crippen MR) is 358 cm³/mol. The van der Waals surface area contributed by atoms with Crippen molar-refractivity contribution in [2.24, 2.45) is 5.41 Å². The van der Waals surface area contributed by atoms with Crippen LogP contribution in [0.5, 0.6) is 0 Å². The number of hydrogen-bond donors (Lipinski definition) is 0. The molecule has 6 aromatic carbocycles. The second-order valence-electron chi connectivity index (χ2n) is 23.0. The summed E-state index contributed by atoms with van der Waals surface area (Å²) in [6.07, 6.45) is 5.79. The highest BCUT2D eigenvalue weighted by Gasteiger charge is 2.50. The maximum absolute atomic E-state index is 14.1. The van der Waals surface area contributed by atoms with Crippen molar-refractivity contribution in [3.63, 3.8) is 0 Å². The van der Waals surface area contributed by atoms with Crippen LogP contribution in [0.25, 0.3) is 0 Å². The molecule has 0 radical (unpaired) electrons. The van der Waals surface area contributed by atoms with Crippen LogP contribution in [-0.2, 0) is 57.4 Å². The summed E-state index contributed by atoms with van der Waals surface area (Å²) in [5.41, 5.74) is 5.47. The molecule has 0 aromatic heterocycles. The van der Waals surface area contributed by atoms with Gasteiger partial charge in [-0.05, 0) is 125 Å². The first-order valence-corrected chi connectivity index (χ1v) is 31.6. The largest absolute Gasteiger partial charge is 0.494 e. The molecule has 2 aliphatic rings. The lowest BCUT2D eigenvalue weighted by atomic mass is 9.67. The van der Waals surface area contributed by atoms with E-state index in [0.717, 1.165) is 63.9 Å². The Balaban J connectivity index is 0.000000242. The van der Waals surface area contributed by atoms with Crippen LogP contribution >= 0.6 is 48.0 Å². The molecule has 448 valence electrons. The third-order valence-electron chi connectivity index (χ3n) is 14.7. The van der Waals surface area contributed by atoms with Crippen LogP contribution in [0.4, 0.5) is 0 Å². The number of hydrogen-bond acceptors (Lipinski definition) is 14. The lowest BCUT2D eigenvalue weighted by Gasteiger charge is -2.40. The molecule has 10 nitrogen and oxygen atoms in total. The standard InChI is InChI=1S/C37H45BO6S2.C16H21BO4.C16H16S2/c1-35(2,29-19-11-7-12-20-29)26-36(3,27-37(4,34(40)41-5)46-32(45)28-17-9-6-10-18-28)33(39)42-24-16-15-23-31-25-43-38(44-31)30-21-13-8-14-22-30;1-13(2)16(18)19-11-7-6-10-15-12-20-17(21-15)14-8-4-3-5-9-14;1-16(2,14-11-7-4-8-12-14)18-15(17)13-9-5-3-6-10-13/h6-14,17-22,31H,15-16,23-27H2,1-5H3;3-5,8-9,15H,1,6-7,10-12H2,2H3;3-12H,1-2H3. The summed E-state index contributed by atoms with van der Waals surface area (Å²) < 4.78 is 40.2. The van der Waals surface area contributed by atoms with Gasteiger partial charge in [0, 0.05) is 10.3 Å². The predicted octanol–water partition coefficient (Wildman–Crippen LogP) is 14.4. The molecular weight excluding hydrogens is 1140 g/mol. The average Bonchev–Trinajstić information content (AvgIpc) is 4.45. The third kappa shape index (κ3) is 21.9. The van der Waals surface area contributed by atoms with Gasteiger partial charge in [-0.3, -0.25) is 9.59 Å². The number of benzene rings is 6. The summed E-state index contributed by atoms with van der Waals surface area (Å²) in [6.45, 7) is 19.4. The Morgan fingerprint density at radius 1 is 0.541 bits per heavy atom. The van der Waals surface area contributed by atoms with Crippen molar-refractivity contribution in [1.29, 1.82) is 0 Å². The third-order valence-corrected chi connectivity index (χ3v) is 18.0. The van der Waals surface area contributed by atoms with Crippen molar-refractivity contribution < 1.29 is 47.2 Å². The number of methoxy groups -OCH3 is 1. The van der Waals surface area contributed by atoms with Crippen molar-refractivity contribution in [3.05, 3.63) is 216 Å².